The van der Waals surface area contributed by atoms with Crippen molar-refractivity contribution in [3.63, 3.8) is 0 Å². The van der Waals surface area contributed by atoms with Crippen LogP contribution in [0.3, 0.4) is 0 Å². The maximum Gasteiger partial charge on any atom is 0.274 e. The molecule has 1 aromatic heterocycles. The molecule has 2 aromatic carbocycles. The molecule has 6 nitrogen and oxygen atoms in total. The summed E-state index contributed by atoms with van der Waals surface area (Å²) < 4.78 is 5.59. The van der Waals surface area contributed by atoms with Crippen LogP contribution >= 0.6 is 0 Å². The van der Waals surface area contributed by atoms with Crippen LogP contribution in [0, 0.1) is 6.92 Å². The molecule has 0 aliphatic carbocycles. The second kappa shape index (κ2) is 8.31. The summed E-state index contributed by atoms with van der Waals surface area (Å²) in [4.78, 5) is 24.1. The Labute approximate surface area is 170 Å². The number of fused-ring (bicyclic) bond motifs is 1. The Morgan fingerprint density at radius 2 is 1.86 bits per heavy atom. The number of para-hydroxylation sites is 2. The van der Waals surface area contributed by atoms with Crippen molar-refractivity contribution in [2.24, 2.45) is 0 Å². The van der Waals surface area contributed by atoms with Crippen molar-refractivity contribution < 1.29 is 9.53 Å². The zero-order valence-corrected chi connectivity index (χ0v) is 16.7. The number of nitrogens with one attached hydrogen (secondary N) is 1. The first kappa shape index (κ1) is 18.9. The van der Waals surface area contributed by atoms with Crippen molar-refractivity contribution in [2.75, 3.05) is 23.4 Å². The number of aromatic nitrogens is 2. The van der Waals surface area contributed by atoms with Crippen LogP contribution < -0.4 is 15.0 Å². The lowest BCUT2D eigenvalue weighted by Gasteiger charge is -2.29. The van der Waals surface area contributed by atoms with Crippen LogP contribution in [0.15, 0.2) is 54.6 Å². The summed E-state index contributed by atoms with van der Waals surface area (Å²) in [6.45, 7) is 5.89. The lowest BCUT2D eigenvalue weighted by molar-refractivity contribution is 0.102. The van der Waals surface area contributed by atoms with Crippen molar-refractivity contribution in [3.05, 3.63) is 77.1 Å². The third kappa shape index (κ3) is 4.21. The molecule has 6 heteroatoms. The van der Waals surface area contributed by atoms with Crippen molar-refractivity contribution in [3.8, 4) is 5.75 Å². The van der Waals surface area contributed by atoms with Gasteiger partial charge in [-0.05, 0) is 49.6 Å². The van der Waals surface area contributed by atoms with Gasteiger partial charge in [0.1, 0.15) is 11.4 Å². The van der Waals surface area contributed by atoms with Gasteiger partial charge in [0.2, 0.25) is 5.95 Å². The molecule has 1 aliphatic heterocycles. The first-order chi connectivity index (χ1) is 14.1. The summed E-state index contributed by atoms with van der Waals surface area (Å²) in [6.07, 6.45) is 0.941. The Kier molecular flexibility index (Phi) is 5.42. The van der Waals surface area contributed by atoms with Gasteiger partial charge >= 0.3 is 0 Å². The number of anilines is 2. The van der Waals surface area contributed by atoms with Crippen LogP contribution in [0.2, 0.25) is 0 Å². The van der Waals surface area contributed by atoms with E-state index in [9.17, 15) is 4.79 Å². The van der Waals surface area contributed by atoms with E-state index in [0.717, 1.165) is 25.2 Å². The number of nitrogens with zero attached hydrogens (tertiary/aromatic N) is 3. The fraction of sp³-hybridized carbons (Fsp3) is 0.261. The van der Waals surface area contributed by atoms with Crippen LogP contribution in [0.25, 0.3) is 0 Å². The molecule has 2 heterocycles. The number of benzene rings is 2. The summed E-state index contributed by atoms with van der Waals surface area (Å²) in [7, 11) is 0. The Morgan fingerprint density at radius 3 is 2.69 bits per heavy atom. The van der Waals surface area contributed by atoms with Crippen molar-refractivity contribution in [1.29, 1.82) is 0 Å². The van der Waals surface area contributed by atoms with E-state index in [1.165, 1.54) is 11.1 Å². The second-order valence-corrected chi connectivity index (χ2v) is 7.02. The zero-order chi connectivity index (χ0) is 20.2. The summed E-state index contributed by atoms with van der Waals surface area (Å²) in [6, 6.07) is 17.5. The van der Waals surface area contributed by atoms with Crippen molar-refractivity contribution in [1.82, 2.24) is 9.97 Å². The van der Waals surface area contributed by atoms with E-state index in [1.807, 2.05) is 44.2 Å². The topological polar surface area (TPSA) is 67.3 Å². The molecule has 0 saturated carbocycles. The van der Waals surface area contributed by atoms with E-state index in [-0.39, 0.29) is 5.91 Å². The molecular weight excluding hydrogens is 364 g/mol. The van der Waals surface area contributed by atoms with Gasteiger partial charge in [0.25, 0.3) is 5.91 Å². The average molecular weight is 388 g/mol. The van der Waals surface area contributed by atoms with Gasteiger partial charge in [0.05, 0.1) is 12.3 Å². The van der Waals surface area contributed by atoms with Gasteiger partial charge < -0.3 is 15.0 Å². The highest BCUT2D eigenvalue weighted by Gasteiger charge is 2.20. The summed E-state index contributed by atoms with van der Waals surface area (Å²) >= 11 is 0. The molecule has 1 aliphatic rings. The number of carbonyl (C=O) groups is 1. The van der Waals surface area contributed by atoms with E-state index >= 15 is 0 Å². The average Bonchev–Trinajstić information content (AvgIpc) is 2.74. The Morgan fingerprint density at radius 1 is 1.10 bits per heavy atom. The van der Waals surface area contributed by atoms with Crippen LogP contribution in [-0.2, 0) is 13.0 Å². The second-order valence-electron chi connectivity index (χ2n) is 7.02. The number of rotatable bonds is 5. The third-order valence-electron chi connectivity index (χ3n) is 4.92. The Hall–Kier alpha value is -3.41. The summed E-state index contributed by atoms with van der Waals surface area (Å²) in [5.74, 6) is 0.950. The van der Waals surface area contributed by atoms with Crippen LogP contribution in [0.5, 0.6) is 5.75 Å². The minimum atomic E-state index is -0.277. The molecule has 3 aromatic rings. The van der Waals surface area contributed by atoms with E-state index < -0.39 is 0 Å². The molecule has 0 atom stereocenters. The first-order valence-corrected chi connectivity index (χ1v) is 9.84. The monoisotopic (exact) mass is 388 g/mol. The molecule has 0 fully saturated rings. The van der Waals surface area contributed by atoms with Gasteiger partial charge in [-0.3, -0.25) is 4.79 Å². The van der Waals surface area contributed by atoms with E-state index in [2.05, 4.69) is 38.4 Å². The number of aryl methyl sites for hydroxylation is 1. The van der Waals surface area contributed by atoms with Crippen molar-refractivity contribution >= 4 is 17.5 Å². The standard InChI is InChI=1S/C23H24N4O2/c1-3-29-21-11-7-6-10-19(21)25-22(28)20-14-16(2)24-23(26-20)27-13-12-17-8-4-5-9-18(17)15-27/h4-11,14H,3,12-13,15H2,1-2H3,(H,25,28). The minimum absolute atomic E-state index is 0.277. The molecule has 1 N–H and O–H groups in total. The highest BCUT2D eigenvalue weighted by Crippen LogP contribution is 2.25. The zero-order valence-electron chi connectivity index (χ0n) is 16.7. The minimum Gasteiger partial charge on any atom is -0.492 e. The Balaban J connectivity index is 1.57. The maximum atomic E-state index is 12.9. The molecule has 0 saturated heterocycles. The van der Waals surface area contributed by atoms with Gasteiger partial charge in [0.15, 0.2) is 0 Å². The van der Waals surface area contributed by atoms with E-state index in [1.54, 1.807) is 6.07 Å². The Bertz CT molecular complexity index is 1030. The highest BCUT2D eigenvalue weighted by atomic mass is 16.5. The molecule has 4 rings (SSSR count). The highest BCUT2D eigenvalue weighted by molar-refractivity contribution is 6.03. The smallest absolute Gasteiger partial charge is 0.274 e. The lowest BCUT2D eigenvalue weighted by atomic mass is 10.0. The van der Waals surface area contributed by atoms with Gasteiger partial charge in [-0.15, -0.1) is 0 Å². The van der Waals surface area contributed by atoms with Gasteiger partial charge in [-0.25, -0.2) is 9.97 Å². The van der Waals surface area contributed by atoms with Crippen LogP contribution in [0.4, 0.5) is 11.6 Å². The van der Waals surface area contributed by atoms with Crippen LogP contribution in [0.1, 0.15) is 34.2 Å². The van der Waals surface area contributed by atoms with Crippen molar-refractivity contribution in [2.45, 2.75) is 26.8 Å². The summed E-state index contributed by atoms with van der Waals surface area (Å²) in [5, 5.41) is 2.91. The van der Waals surface area contributed by atoms with Gasteiger partial charge in [-0.1, -0.05) is 36.4 Å². The number of hydrogen-bond acceptors (Lipinski definition) is 5. The number of ether oxygens (including phenoxy) is 1. The molecule has 29 heavy (non-hydrogen) atoms. The molecule has 0 bridgehead atoms. The number of hydrogen-bond donors (Lipinski definition) is 1. The quantitative estimate of drug-likeness (QED) is 0.716. The molecule has 1 amide bonds. The van der Waals surface area contributed by atoms with E-state index in [4.69, 9.17) is 4.74 Å². The largest absolute Gasteiger partial charge is 0.492 e. The fourth-order valence-corrected chi connectivity index (χ4v) is 3.51. The molecule has 0 unspecified atom stereocenters. The number of carbonyl (C=O) groups excluding carboxylic acids is 1. The predicted molar refractivity (Wildman–Crippen MR) is 114 cm³/mol. The summed E-state index contributed by atoms with van der Waals surface area (Å²) in [5.41, 5.74) is 4.38. The molecule has 0 radical (unpaired) electrons. The fourth-order valence-electron chi connectivity index (χ4n) is 3.51. The lowest BCUT2D eigenvalue weighted by Crippen LogP contribution is -2.32. The van der Waals surface area contributed by atoms with E-state index in [0.29, 0.717) is 29.7 Å². The molecule has 0 spiro atoms. The maximum absolute atomic E-state index is 12.9. The number of amides is 1. The first-order valence-electron chi connectivity index (χ1n) is 9.84. The van der Waals surface area contributed by atoms with Crippen LogP contribution in [-0.4, -0.2) is 29.0 Å². The van der Waals surface area contributed by atoms with Gasteiger partial charge in [-0.2, -0.15) is 0 Å². The normalized spacial score (nSPS) is 13.0. The molecular formula is C23H24N4O2. The SMILES string of the molecule is CCOc1ccccc1NC(=O)c1cc(C)nc(N2CCc3ccccc3C2)n1. The molecule has 148 valence electrons. The predicted octanol–water partition coefficient (Wildman–Crippen LogP) is 4.00. The van der Waals surface area contributed by atoms with Gasteiger partial charge in [0, 0.05) is 18.8 Å². The third-order valence-corrected chi connectivity index (χ3v) is 4.92.